The zero-order chi connectivity index (χ0) is 10.7. The Labute approximate surface area is 100 Å². The number of hydrogen-bond donors (Lipinski definition) is 1. The summed E-state index contributed by atoms with van der Waals surface area (Å²) in [4.78, 5) is 3.89. The van der Waals surface area contributed by atoms with Gasteiger partial charge in [-0.15, -0.1) is 11.3 Å². The summed E-state index contributed by atoms with van der Waals surface area (Å²) in [6.45, 7) is 4.37. The monoisotopic (exact) mass is 244 g/mol. The second kappa shape index (κ2) is 5.30. The maximum Gasteiger partial charge on any atom is 0.0931 e. The van der Waals surface area contributed by atoms with E-state index in [-0.39, 0.29) is 0 Å². The van der Waals surface area contributed by atoms with Crippen LogP contribution in [-0.2, 0) is 6.42 Å². The summed E-state index contributed by atoms with van der Waals surface area (Å²) in [6.07, 6.45) is 2.39. The summed E-state index contributed by atoms with van der Waals surface area (Å²) in [5, 5.41) is 0. The first-order chi connectivity index (χ1) is 7.28. The molecule has 2 N–H and O–H groups in total. The predicted octanol–water partition coefficient (Wildman–Crippen LogP) is 2.22. The Bertz CT molecular complexity index is 313. The molecule has 15 heavy (non-hydrogen) atoms. The van der Waals surface area contributed by atoms with Gasteiger partial charge in [0, 0.05) is 18.0 Å². The first kappa shape index (κ1) is 11.4. The molecule has 1 aliphatic rings. The molecule has 1 aromatic rings. The van der Waals surface area contributed by atoms with Crippen LogP contribution in [0.2, 0.25) is 4.34 Å². The van der Waals surface area contributed by atoms with Gasteiger partial charge >= 0.3 is 0 Å². The van der Waals surface area contributed by atoms with Crippen LogP contribution in [0, 0.1) is 5.92 Å². The lowest BCUT2D eigenvalue weighted by Gasteiger charge is -2.14. The largest absolute Gasteiger partial charge is 0.330 e. The second-order valence-electron chi connectivity index (χ2n) is 4.15. The molecule has 1 unspecified atom stereocenters. The lowest BCUT2D eigenvalue weighted by Crippen LogP contribution is -2.25. The molecule has 4 heteroatoms. The van der Waals surface area contributed by atoms with E-state index in [1.54, 1.807) is 11.3 Å². The minimum atomic E-state index is 0.719. The van der Waals surface area contributed by atoms with Gasteiger partial charge in [-0.3, -0.25) is 0 Å². The van der Waals surface area contributed by atoms with Crippen LogP contribution in [0.5, 0.6) is 0 Å². The van der Waals surface area contributed by atoms with Crippen molar-refractivity contribution in [1.82, 2.24) is 4.90 Å². The number of likely N-dealkylation sites (tertiary alicyclic amines) is 1. The predicted molar refractivity (Wildman–Crippen MR) is 66.6 cm³/mol. The third kappa shape index (κ3) is 3.18. The van der Waals surface area contributed by atoms with Crippen molar-refractivity contribution >= 4 is 22.9 Å². The lowest BCUT2D eigenvalue weighted by atomic mass is 10.1. The van der Waals surface area contributed by atoms with Crippen molar-refractivity contribution in [2.75, 3.05) is 26.2 Å². The van der Waals surface area contributed by atoms with Crippen molar-refractivity contribution in [3.8, 4) is 0 Å². The van der Waals surface area contributed by atoms with Gasteiger partial charge in [0.2, 0.25) is 0 Å². The maximum atomic E-state index is 5.89. The van der Waals surface area contributed by atoms with E-state index in [0.717, 1.165) is 29.8 Å². The summed E-state index contributed by atoms with van der Waals surface area (Å²) >= 11 is 7.58. The van der Waals surface area contributed by atoms with Gasteiger partial charge in [0.15, 0.2) is 0 Å². The van der Waals surface area contributed by atoms with Crippen LogP contribution in [0.3, 0.4) is 0 Å². The molecule has 84 valence electrons. The number of halogens is 1. The van der Waals surface area contributed by atoms with Gasteiger partial charge in [0.05, 0.1) is 4.34 Å². The Kier molecular flexibility index (Phi) is 4.03. The van der Waals surface area contributed by atoms with Crippen molar-refractivity contribution in [3.63, 3.8) is 0 Å². The Morgan fingerprint density at radius 2 is 2.40 bits per heavy atom. The SMILES string of the molecule is NCC1CCN(CCc2ccc(Cl)s2)C1. The van der Waals surface area contributed by atoms with Crippen LogP contribution < -0.4 is 5.73 Å². The molecule has 1 aromatic heterocycles. The molecule has 0 amide bonds. The highest BCUT2D eigenvalue weighted by molar-refractivity contribution is 7.16. The standard InChI is InChI=1S/C11H17ClN2S/c12-11-2-1-10(15-11)4-6-14-5-3-9(7-13)8-14/h1-2,9H,3-8,13H2. The third-order valence-corrected chi connectivity index (χ3v) is 4.30. The average Bonchev–Trinajstić information content (AvgIpc) is 2.83. The van der Waals surface area contributed by atoms with E-state index in [0.29, 0.717) is 0 Å². The number of nitrogens with zero attached hydrogens (tertiary/aromatic N) is 1. The fraction of sp³-hybridized carbons (Fsp3) is 0.636. The number of nitrogens with two attached hydrogens (primary N) is 1. The van der Waals surface area contributed by atoms with Crippen LogP contribution in [0.25, 0.3) is 0 Å². The summed E-state index contributed by atoms with van der Waals surface area (Å²) in [5.41, 5.74) is 5.66. The van der Waals surface area contributed by atoms with E-state index in [9.17, 15) is 0 Å². The van der Waals surface area contributed by atoms with Crippen LogP contribution >= 0.6 is 22.9 Å². The van der Waals surface area contributed by atoms with Gasteiger partial charge in [0.25, 0.3) is 0 Å². The van der Waals surface area contributed by atoms with Gasteiger partial charge < -0.3 is 10.6 Å². The molecular weight excluding hydrogens is 228 g/mol. The Balaban J connectivity index is 1.75. The zero-order valence-electron chi connectivity index (χ0n) is 8.79. The molecule has 1 atom stereocenters. The molecule has 0 saturated carbocycles. The second-order valence-corrected chi connectivity index (χ2v) is 5.95. The topological polar surface area (TPSA) is 29.3 Å². The molecular formula is C11H17ClN2S. The molecule has 2 nitrogen and oxygen atoms in total. The summed E-state index contributed by atoms with van der Waals surface area (Å²) in [5.74, 6) is 0.719. The van der Waals surface area contributed by atoms with Crippen LogP contribution in [0.4, 0.5) is 0 Å². The fourth-order valence-corrected chi connectivity index (χ4v) is 3.14. The molecule has 2 heterocycles. The van der Waals surface area contributed by atoms with Crippen LogP contribution in [0.15, 0.2) is 12.1 Å². The highest BCUT2D eigenvalue weighted by Crippen LogP contribution is 2.22. The average molecular weight is 245 g/mol. The number of rotatable bonds is 4. The molecule has 1 saturated heterocycles. The Hall–Kier alpha value is -0.0900. The zero-order valence-corrected chi connectivity index (χ0v) is 10.4. The quantitative estimate of drug-likeness (QED) is 0.880. The van der Waals surface area contributed by atoms with Crippen molar-refractivity contribution < 1.29 is 0 Å². The highest BCUT2D eigenvalue weighted by Gasteiger charge is 2.20. The van der Waals surface area contributed by atoms with Crippen molar-refractivity contribution in [1.29, 1.82) is 0 Å². The van der Waals surface area contributed by atoms with Crippen molar-refractivity contribution in [2.45, 2.75) is 12.8 Å². The normalized spacial score (nSPS) is 22.4. The molecule has 0 bridgehead atoms. The molecule has 0 radical (unpaired) electrons. The third-order valence-electron chi connectivity index (χ3n) is 3.01. The van der Waals surface area contributed by atoms with Crippen LogP contribution in [-0.4, -0.2) is 31.1 Å². The Morgan fingerprint density at radius 1 is 1.53 bits per heavy atom. The van der Waals surface area contributed by atoms with Crippen molar-refractivity contribution in [3.05, 3.63) is 21.3 Å². The summed E-state index contributed by atoms with van der Waals surface area (Å²) in [7, 11) is 0. The lowest BCUT2D eigenvalue weighted by molar-refractivity contribution is 0.330. The highest BCUT2D eigenvalue weighted by atomic mass is 35.5. The smallest absolute Gasteiger partial charge is 0.0931 e. The van der Waals surface area contributed by atoms with Gasteiger partial charge in [-0.25, -0.2) is 0 Å². The molecule has 0 spiro atoms. The van der Waals surface area contributed by atoms with Gasteiger partial charge in [-0.2, -0.15) is 0 Å². The fourth-order valence-electron chi connectivity index (χ4n) is 2.06. The molecule has 0 aromatic carbocycles. The van der Waals surface area contributed by atoms with Crippen molar-refractivity contribution in [2.24, 2.45) is 11.7 Å². The molecule has 0 aliphatic carbocycles. The van der Waals surface area contributed by atoms with E-state index < -0.39 is 0 Å². The van der Waals surface area contributed by atoms with Crippen LogP contribution in [0.1, 0.15) is 11.3 Å². The number of hydrogen-bond acceptors (Lipinski definition) is 3. The van der Waals surface area contributed by atoms with Gasteiger partial charge in [-0.05, 0) is 44.0 Å². The minimum Gasteiger partial charge on any atom is -0.330 e. The minimum absolute atomic E-state index is 0.719. The van der Waals surface area contributed by atoms with E-state index in [1.165, 1.54) is 24.4 Å². The molecule has 1 aliphatic heterocycles. The van der Waals surface area contributed by atoms with E-state index in [4.69, 9.17) is 17.3 Å². The maximum absolute atomic E-state index is 5.89. The molecule has 2 rings (SSSR count). The number of thiophene rings is 1. The van der Waals surface area contributed by atoms with Gasteiger partial charge in [0.1, 0.15) is 0 Å². The Morgan fingerprint density at radius 3 is 3.00 bits per heavy atom. The first-order valence-corrected chi connectivity index (χ1v) is 6.64. The van der Waals surface area contributed by atoms with E-state index in [1.807, 2.05) is 6.07 Å². The first-order valence-electron chi connectivity index (χ1n) is 5.44. The summed E-state index contributed by atoms with van der Waals surface area (Å²) < 4.78 is 0.895. The van der Waals surface area contributed by atoms with Gasteiger partial charge in [-0.1, -0.05) is 11.6 Å². The van der Waals surface area contributed by atoms with E-state index in [2.05, 4.69) is 11.0 Å². The molecule has 1 fully saturated rings. The summed E-state index contributed by atoms with van der Waals surface area (Å²) in [6, 6.07) is 4.11. The van der Waals surface area contributed by atoms with E-state index >= 15 is 0 Å².